The Morgan fingerprint density at radius 2 is 1.86 bits per heavy atom. The number of hydrogen-bond acceptors (Lipinski definition) is 2. The molecule has 0 bridgehead atoms. The minimum Gasteiger partial charge on any atom is -0.345 e. The standard InChI is InChI=1S/C11H21NO2/c1-9(2)6-5-7-12(4)11(14)8-10(3)13/h9H,5-8H2,1-4H3. The molecule has 0 aromatic rings. The molecule has 3 heteroatoms. The Kier molecular flexibility index (Phi) is 6.17. The van der Waals surface area contributed by atoms with E-state index in [-0.39, 0.29) is 18.1 Å². The van der Waals surface area contributed by atoms with E-state index in [1.807, 2.05) is 0 Å². The third-order valence-electron chi connectivity index (χ3n) is 2.10. The number of amides is 1. The fourth-order valence-corrected chi connectivity index (χ4v) is 1.21. The quantitative estimate of drug-likeness (QED) is 0.612. The van der Waals surface area contributed by atoms with Crippen LogP contribution in [0.15, 0.2) is 0 Å². The minimum atomic E-state index is -0.0683. The van der Waals surface area contributed by atoms with E-state index in [1.54, 1.807) is 11.9 Å². The van der Waals surface area contributed by atoms with Crippen molar-refractivity contribution in [2.45, 2.75) is 40.0 Å². The Morgan fingerprint density at radius 3 is 2.29 bits per heavy atom. The van der Waals surface area contributed by atoms with E-state index in [0.29, 0.717) is 5.92 Å². The molecule has 0 fully saturated rings. The number of hydrogen-bond donors (Lipinski definition) is 0. The number of rotatable bonds is 6. The Hall–Kier alpha value is -0.860. The molecule has 1 amide bonds. The van der Waals surface area contributed by atoms with Crippen LogP contribution in [0.2, 0.25) is 0 Å². The summed E-state index contributed by atoms with van der Waals surface area (Å²) in [6, 6.07) is 0. The van der Waals surface area contributed by atoms with E-state index in [2.05, 4.69) is 13.8 Å². The zero-order valence-corrected chi connectivity index (χ0v) is 9.67. The van der Waals surface area contributed by atoms with Crippen molar-refractivity contribution in [3.63, 3.8) is 0 Å². The largest absolute Gasteiger partial charge is 0.345 e. The third kappa shape index (κ3) is 6.63. The maximum atomic E-state index is 11.3. The first-order valence-electron chi connectivity index (χ1n) is 5.17. The molecule has 0 aromatic carbocycles. The lowest BCUT2D eigenvalue weighted by Crippen LogP contribution is -2.29. The second-order valence-corrected chi connectivity index (χ2v) is 4.23. The van der Waals surface area contributed by atoms with Gasteiger partial charge < -0.3 is 4.90 Å². The average Bonchev–Trinajstić information content (AvgIpc) is 2.01. The lowest BCUT2D eigenvalue weighted by molar-refractivity contribution is -0.133. The van der Waals surface area contributed by atoms with E-state index >= 15 is 0 Å². The van der Waals surface area contributed by atoms with Crippen molar-refractivity contribution in [3.8, 4) is 0 Å². The summed E-state index contributed by atoms with van der Waals surface area (Å²) >= 11 is 0. The van der Waals surface area contributed by atoms with Crippen molar-refractivity contribution in [2.75, 3.05) is 13.6 Å². The molecule has 0 saturated heterocycles. The van der Waals surface area contributed by atoms with Gasteiger partial charge >= 0.3 is 0 Å². The molecule has 0 aliphatic carbocycles. The first-order valence-corrected chi connectivity index (χ1v) is 5.17. The summed E-state index contributed by atoms with van der Waals surface area (Å²) in [7, 11) is 1.76. The molecule has 0 atom stereocenters. The first-order chi connectivity index (χ1) is 6.43. The summed E-state index contributed by atoms with van der Waals surface area (Å²) in [6.45, 7) is 6.53. The van der Waals surface area contributed by atoms with Gasteiger partial charge in [0, 0.05) is 13.6 Å². The summed E-state index contributed by atoms with van der Waals surface area (Å²) in [4.78, 5) is 23.7. The Bertz CT molecular complexity index is 199. The van der Waals surface area contributed by atoms with Gasteiger partial charge in [0.1, 0.15) is 5.78 Å². The Balaban J connectivity index is 3.67. The lowest BCUT2D eigenvalue weighted by Gasteiger charge is -2.16. The molecule has 0 unspecified atom stereocenters. The maximum absolute atomic E-state index is 11.3. The number of nitrogens with zero attached hydrogens (tertiary/aromatic N) is 1. The SMILES string of the molecule is CC(=O)CC(=O)N(C)CCCC(C)C. The molecule has 0 radical (unpaired) electrons. The van der Waals surface area contributed by atoms with Crippen molar-refractivity contribution in [1.29, 1.82) is 0 Å². The molecule has 0 saturated carbocycles. The van der Waals surface area contributed by atoms with E-state index in [9.17, 15) is 9.59 Å². The summed E-state index contributed by atoms with van der Waals surface area (Å²) in [5.74, 6) is 0.540. The lowest BCUT2D eigenvalue weighted by atomic mass is 10.1. The molecule has 0 aliphatic rings. The van der Waals surface area contributed by atoms with Crippen molar-refractivity contribution in [1.82, 2.24) is 4.90 Å². The van der Waals surface area contributed by atoms with Crippen molar-refractivity contribution in [3.05, 3.63) is 0 Å². The van der Waals surface area contributed by atoms with Crippen molar-refractivity contribution < 1.29 is 9.59 Å². The Labute approximate surface area is 86.5 Å². The van der Waals surface area contributed by atoms with Crippen LogP contribution in [0.5, 0.6) is 0 Å². The molecular formula is C11H21NO2. The topological polar surface area (TPSA) is 37.4 Å². The fraction of sp³-hybridized carbons (Fsp3) is 0.818. The molecule has 0 heterocycles. The van der Waals surface area contributed by atoms with Gasteiger partial charge in [-0.15, -0.1) is 0 Å². The highest BCUT2D eigenvalue weighted by Gasteiger charge is 2.10. The zero-order chi connectivity index (χ0) is 11.1. The van der Waals surface area contributed by atoms with Gasteiger partial charge in [0.05, 0.1) is 6.42 Å². The van der Waals surface area contributed by atoms with Gasteiger partial charge in [-0.25, -0.2) is 0 Å². The maximum Gasteiger partial charge on any atom is 0.229 e. The highest BCUT2D eigenvalue weighted by molar-refractivity contribution is 5.96. The summed E-state index contributed by atoms with van der Waals surface area (Å²) in [5, 5.41) is 0. The molecule has 3 nitrogen and oxygen atoms in total. The van der Waals surface area contributed by atoms with Crippen LogP contribution in [-0.4, -0.2) is 30.2 Å². The molecular weight excluding hydrogens is 178 g/mol. The summed E-state index contributed by atoms with van der Waals surface area (Å²) in [6.07, 6.45) is 2.17. The smallest absolute Gasteiger partial charge is 0.229 e. The van der Waals surface area contributed by atoms with Gasteiger partial charge in [-0.2, -0.15) is 0 Å². The molecule has 0 aliphatic heterocycles. The van der Waals surface area contributed by atoms with Gasteiger partial charge in [-0.05, 0) is 25.7 Å². The molecule has 0 N–H and O–H groups in total. The summed E-state index contributed by atoms with van der Waals surface area (Å²) < 4.78 is 0. The van der Waals surface area contributed by atoms with Crippen LogP contribution in [0.4, 0.5) is 0 Å². The fourth-order valence-electron chi connectivity index (χ4n) is 1.21. The second kappa shape index (κ2) is 6.57. The van der Waals surface area contributed by atoms with Crippen LogP contribution < -0.4 is 0 Å². The number of carbonyl (C=O) groups is 2. The predicted octanol–water partition coefficient (Wildman–Crippen LogP) is 1.86. The zero-order valence-electron chi connectivity index (χ0n) is 9.67. The average molecular weight is 199 g/mol. The first kappa shape index (κ1) is 13.1. The normalized spacial score (nSPS) is 10.4. The van der Waals surface area contributed by atoms with Gasteiger partial charge in [-0.3, -0.25) is 9.59 Å². The van der Waals surface area contributed by atoms with Crippen LogP contribution in [0.1, 0.15) is 40.0 Å². The minimum absolute atomic E-state index is 0.0399. The van der Waals surface area contributed by atoms with Crippen LogP contribution in [0.25, 0.3) is 0 Å². The highest BCUT2D eigenvalue weighted by Crippen LogP contribution is 2.04. The van der Waals surface area contributed by atoms with E-state index < -0.39 is 0 Å². The Morgan fingerprint density at radius 1 is 1.29 bits per heavy atom. The van der Waals surface area contributed by atoms with Gasteiger partial charge in [0.2, 0.25) is 5.91 Å². The van der Waals surface area contributed by atoms with E-state index in [4.69, 9.17) is 0 Å². The third-order valence-corrected chi connectivity index (χ3v) is 2.10. The summed E-state index contributed by atoms with van der Waals surface area (Å²) in [5.41, 5.74) is 0. The van der Waals surface area contributed by atoms with Crippen LogP contribution in [0.3, 0.4) is 0 Å². The van der Waals surface area contributed by atoms with Crippen LogP contribution >= 0.6 is 0 Å². The van der Waals surface area contributed by atoms with E-state index in [1.165, 1.54) is 6.92 Å². The van der Waals surface area contributed by atoms with Gasteiger partial charge in [-0.1, -0.05) is 13.8 Å². The van der Waals surface area contributed by atoms with Crippen LogP contribution in [-0.2, 0) is 9.59 Å². The molecule has 14 heavy (non-hydrogen) atoms. The van der Waals surface area contributed by atoms with Crippen molar-refractivity contribution >= 4 is 11.7 Å². The highest BCUT2D eigenvalue weighted by atomic mass is 16.2. The number of ketones is 1. The van der Waals surface area contributed by atoms with Crippen LogP contribution in [0, 0.1) is 5.92 Å². The predicted molar refractivity (Wildman–Crippen MR) is 57.0 cm³/mol. The van der Waals surface area contributed by atoms with Gasteiger partial charge in [0.15, 0.2) is 0 Å². The molecule has 0 spiro atoms. The molecule has 82 valence electrons. The van der Waals surface area contributed by atoms with Gasteiger partial charge in [0.25, 0.3) is 0 Å². The molecule has 0 aromatic heterocycles. The molecule has 0 rings (SSSR count). The number of carbonyl (C=O) groups excluding carboxylic acids is 2. The second-order valence-electron chi connectivity index (χ2n) is 4.23. The van der Waals surface area contributed by atoms with E-state index in [0.717, 1.165) is 19.4 Å². The van der Waals surface area contributed by atoms with Crippen molar-refractivity contribution in [2.24, 2.45) is 5.92 Å². The monoisotopic (exact) mass is 199 g/mol. The number of Topliss-reactive ketones (excluding diaryl/α,β-unsaturated/α-hetero) is 1.